The molecule has 1 aromatic carbocycles. The first-order valence-corrected chi connectivity index (χ1v) is 7.27. The van der Waals surface area contributed by atoms with Gasteiger partial charge in [0, 0.05) is 36.9 Å². The molecule has 19 heavy (non-hydrogen) atoms. The minimum absolute atomic E-state index is 0.241. The van der Waals surface area contributed by atoms with Gasteiger partial charge >= 0.3 is 0 Å². The number of rotatable bonds is 2. The number of nitrogens with one attached hydrogen (secondary N) is 1. The number of nitrogens with zero attached hydrogens (tertiary/aromatic N) is 1. The smallest absolute Gasteiger partial charge is 0.0415 e. The van der Waals surface area contributed by atoms with E-state index in [0.29, 0.717) is 6.04 Å². The monoisotopic (exact) mass is 278 g/mol. The van der Waals surface area contributed by atoms with E-state index in [2.05, 4.69) is 55.3 Å². The van der Waals surface area contributed by atoms with Crippen molar-refractivity contribution in [2.45, 2.75) is 33.4 Å². The number of para-hydroxylation sites is 1. The molecule has 3 heteroatoms. The number of hydrogen-bond acceptors (Lipinski definition) is 2. The van der Waals surface area contributed by atoms with Gasteiger partial charge in [0.25, 0.3) is 0 Å². The molecule has 1 aromatic rings. The average Bonchev–Trinajstić information content (AvgIpc) is 2.55. The number of anilines is 1. The highest BCUT2D eigenvalue weighted by Crippen LogP contribution is 2.28. The summed E-state index contributed by atoms with van der Waals surface area (Å²) in [6.45, 7) is 9.65. The van der Waals surface area contributed by atoms with Gasteiger partial charge in [0.1, 0.15) is 0 Å². The Bertz CT molecular complexity index is 448. The molecule has 0 bridgehead atoms. The predicted octanol–water partition coefficient (Wildman–Crippen LogP) is 3.76. The molecule has 0 radical (unpaired) electrons. The highest BCUT2D eigenvalue weighted by molar-refractivity contribution is 6.25. The van der Waals surface area contributed by atoms with Crippen LogP contribution in [0.3, 0.4) is 0 Å². The summed E-state index contributed by atoms with van der Waals surface area (Å²) in [5.41, 5.74) is 4.52. The Morgan fingerprint density at radius 1 is 1.37 bits per heavy atom. The summed E-state index contributed by atoms with van der Waals surface area (Å²) in [6, 6.07) is 9.07. The normalized spacial score (nSPS) is 20.4. The zero-order valence-corrected chi connectivity index (χ0v) is 12.7. The summed E-state index contributed by atoms with van der Waals surface area (Å²) in [6.07, 6.45) is 2.00. The van der Waals surface area contributed by atoms with Crippen LogP contribution in [-0.2, 0) is 6.54 Å². The summed E-state index contributed by atoms with van der Waals surface area (Å²) in [5.74, 6) is 0. The highest BCUT2D eigenvalue weighted by Gasteiger charge is 2.29. The van der Waals surface area contributed by atoms with Crippen LogP contribution in [0.5, 0.6) is 0 Å². The molecule has 1 atom stereocenters. The van der Waals surface area contributed by atoms with E-state index in [-0.39, 0.29) is 5.41 Å². The first-order valence-electron chi connectivity index (χ1n) is 6.84. The van der Waals surface area contributed by atoms with E-state index < -0.39 is 0 Å². The lowest BCUT2D eigenvalue weighted by atomic mass is 9.86. The molecule has 0 saturated carbocycles. The summed E-state index contributed by atoms with van der Waals surface area (Å²) < 4.78 is 0. The van der Waals surface area contributed by atoms with E-state index >= 15 is 0 Å². The van der Waals surface area contributed by atoms with Gasteiger partial charge < -0.3 is 10.2 Å². The van der Waals surface area contributed by atoms with Gasteiger partial charge in [0.2, 0.25) is 0 Å². The Balaban J connectivity index is 2.29. The van der Waals surface area contributed by atoms with E-state index in [1.54, 1.807) is 5.54 Å². The maximum Gasteiger partial charge on any atom is 0.0415 e. The maximum absolute atomic E-state index is 5.69. The SMILES string of the molecule is CC(C)(C)C1CN(C/C=C/Cl)c2ccccc2CN1. The molecule has 2 rings (SSSR count). The molecule has 0 saturated heterocycles. The molecule has 0 spiro atoms. The number of hydrogen-bond donors (Lipinski definition) is 1. The second-order valence-corrected chi connectivity index (χ2v) is 6.45. The van der Waals surface area contributed by atoms with E-state index in [1.807, 2.05) is 6.08 Å². The van der Waals surface area contributed by atoms with Gasteiger partial charge in [-0.15, -0.1) is 0 Å². The Morgan fingerprint density at radius 2 is 2.11 bits per heavy atom. The second-order valence-electron chi connectivity index (χ2n) is 6.19. The van der Waals surface area contributed by atoms with Gasteiger partial charge in [-0.1, -0.05) is 56.6 Å². The lowest BCUT2D eigenvalue weighted by Gasteiger charge is -2.34. The van der Waals surface area contributed by atoms with Crippen LogP contribution in [0.2, 0.25) is 0 Å². The number of fused-ring (bicyclic) bond motifs is 1. The topological polar surface area (TPSA) is 15.3 Å². The fraction of sp³-hybridized carbons (Fsp3) is 0.500. The molecule has 2 nitrogen and oxygen atoms in total. The van der Waals surface area contributed by atoms with Crippen molar-refractivity contribution in [1.82, 2.24) is 5.32 Å². The maximum atomic E-state index is 5.69. The molecule has 1 unspecified atom stereocenters. The standard InChI is InChI=1S/C16H23ClN2/c1-16(2,3)15-12-19(10-6-9-17)14-8-5-4-7-13(14)11-18-15/h4-9,15,18H,10-12H2,1-3H3/b9-6+. The number of benzene rings is 1. The van der Waals surface area contributed by atoms with E-state index in [4.69, 9.17) is 11.6 Å². The van der Waals surface area contributed by atoms with Gasteiger partial charge in [0.05, 0.1) is 0 Å². The first-order chi connectivity index (χ1) is 9.02. The van der Waals surface area contributed by atoms with Crippen LogP contribution in [-0.4, -0.2) is 19.1 Å². The fourth-order valence-corrected chi connectivity index (χ4v) is 2.58. The van der Waals surface area contributed by atoms with Crippen LogP contribution in [0.15, 0.2) is 35.9 Å². The lowest BCUT2D eigenvalue weighted by Crippen LogP contribution is -2.46. The molecule has 0 aromatic heterocycles. The van der Waals surface area contributed by atoms with Gasteiger partial charge in [-0.25, -0.2) is 0 Å². The molecule has 1 aliphatic heterocycles. The zero-order valence-electron chi connectivity index (χ0n) is 12.0. The zero-order chi connectivity index (χ0) is 13.9. The third-order valence-corrected chi connectivity index (χ3v) is 3.91. The first kappa shape index (κ1) is 14.4. The quantitative estimate of drug-likeness (QED) is 0.886. The van der Waals surface area contributed by atoms with Gasteiger partial charge in [-0.3, -0.25) is 0 Å². The van der Waals surface area contributed by atoms with Gasteiger partial charge in [0.15, 0.2) is 0 Å². The minimum atomic E-state index is 0.241. The third kappa shape index (κ3) is 3.52. The van der Waals surface area contributed by atoms with Gasteiger partial charge in [-0.2, -0.15) is 0 Å². The predicted molar refractivity (Wildman–Crippen MR) is 83.7 cm³/mol. The van der Waals surface area contributed by atoms with Crippen molar-refractivity contribution >= 4 is 17.3 Å². The van der Waals surface area contributed by atoms with Crippen LogP contribution >= 0.6 is 11.6 Å². The van der Waals surface area contributed by atoms with Crippen molar-refractivity contribution in [1.29, 1.82) is 0 Å². The van der Waals surface area contributed by atoms with Crippen LogP contribution in [0.25, 0.3) is 0 Å². The van der Waals surface area contributed by atoms with Gasteiger partial charge in [-0.05, 0) is 17.0 Å². The molecule has 104 valence electrons. The van der Waals surface area contributed by atoms with Crippen molar-refractivity contribution in [3.8, 4) is 0 Å². The summed E-state index contributed by atoms with van der Waals surface area (Å²) >= 11 is 5.69. The Morgan fingerprint density at radius 3 is 2.79 bits per heavy atom. The summed E-state index contributed by atoms with van der Waals surface area (Å²) in [7, 11) is 0. The molecule has 0 aliphatic carbocycles. The van der Waals surface area contributed by atoms with Crippen molar-refractivity contribution in [3.63, 3.8) is 0 Å². The molecule has 0 fully saturated rings. The molecular weight excluding hydrogens is 256 g/mol. The Kier molecular flexibility index (Phi) is 4.54. The molecule has 0 amide bonds. The average molecular weight is 279 g/mol. The fourth-order valence-electron chi connectivity index (χ4n) is 2.51. The summed E-state index contributed by atoms with van der Waals surface area (Å²) in [5, 5.41) is 3.69. The van der Waals surface area contributed by atoms with Crippen LogP contribution in [0.1, 0.15) is 26.3 Å². The van der Waals surface area contributed by atoms with Crippen LogP contribution < -0.4 is 10.2 Å². The van der Waals surface area contributed by atoms with Crippen molar-refractivity contribution < 1.29 is 0 Å². The molecule has 1 heterocycles. The van der Waals surface area contributed by atoms with Crippen molar-refractivity contribution in [2.75, 3.05) is 18.0 Å². The molecular formula is C16H23ClN2. The van der Waals surface area contributed by atoms with Crippen LogP contribution in [0.4, 0.5) is 5.69 Å². The van der Waals surface area contributed by atoms with Crippen molar-refractivity contribution in [3.05, 3.63) is 41.4 Å². The molecule has 1 N–H and O–H groups in total. The third-order valence-electron chi connectivity index (χ3n) is 3.73. The number of halogens is 1. The minimum Gasteiger partial charge on any atom is -0.366 e. The largest absolute Gasteiger partial charge is 0.366 e. The Labute approximate surface area is 121 Å². The second kappa shape index (κ2) is 5.98. The van der Waals surface area contributed by atoms with Crippen molar-refractivity contribution in [2.24, 2.45) is 5.41 Å². The summed E-state index contributed by atoms with van der Waals surface area (Å²) in [4.78, 5) is 2.41. The Hall–Kier alpha value is -0.990. The van der Waals surface area contributed by atoms with Crippen LogP contribution in [0, 0.1) is 5.41 Å². The van der Waals surface area contributed by atoms with E-state index in [0.717, 1.165) is 19.6 Å². The molecule has 1 aliphatic rings. The van der Waals surface area contributed by atoms with E-state index in [9.17, 15) is 0 Å². The highest BCUT2D eigenvalue weighted by atomic mass is 35.5. The lowest BCUT2D eigenvalue weighted by molar-refractivity contribution is 0.273. The van der Waals surface area contributed by atoms with E-state index in [1.165, 1.54) is 11.3 Å².